The zero-order chi connectivity index (χ0) is 16.4. The maximum Gasteiger partial charge on any atom is 0.238 e. The van der Waals surface area contributed by atoms with Crippen molar-refractivity contribution in [2.75, 3.05) is 17.2 Å². The molecule has 1 aliphatic heterocycles. The van der Waals surface area contributed by atoms with E-state index in [0.29, 0.717) is 11.7 Å². The standard InChI is InChI=1S/C16H27N5O/c1-15(2)7-12(8-16(3,4)21-15)19-13-6-5-11(10-18-13)20-14(22)9-17/h5-6,10,12,21H,7-9,17H2,1-4H3,(H,18,19)(H,20,22). The molecule has 0 atom stereocenters. The Bertz CT molecular complexity index is 508. The van der Waals surface area contributed by atoms with Crippen LogP contribution >= 0.6 is 0 Å². The maximum absolute atomic E-state index is 11.2. The predicted octanol–water partition coefficient (Wildman–Crippen LogP) is 1.70. The van der Waals surface area contributed by atoms with E-state index in [9.17, 15) is 4.79 Å². The number of nitrogens with two attached hydrogens (primary N) is 1. The number of hydrogen-bond acceptors (Lipinski definition) is 5. The van der Waals surface area contributed by atoms with E-state index >= 15 is 0 Å². The molecule has 0 bridgehead atoms. The van der Waals surface area contributed by atoms with E-state index in [2.05, 4.69) is 48.6 Å². The van der Waals surface area contributed by atoms with Crippen LogP contribution in [0.3, 0.4) is 0 Å². The third kappa shape index (κ3) is 4.68. The van der Waals surface area contributed by atoms with Gasteiger partial charge in [-0.05, 0) is 52.7 Å². The molecule has 122 valence electrons. The number of hydrogen-bond donors (Lipinski definition) is 4. The van der Waals surface area contributed by atoms with Crippen LogP contribution in [0.2, 0.25) is 0 Å². The molecular formula is C16H27N5O. The summed E-state index contributed by atoms with van der Waals surface area (Å²) in [5.74, 6) is 0.605. The molecule has 1 saturated heterocycles. The van der Waals surface area contributed by atoms with Gasteiger partial charge in [-0.3, -0.25) is 4.79 Å². The van der Waals surface area contributed by atoms with Crippen molar-refractivity contribution in [2.45, 2.75) is 57.7 Å². The Morgan fingerprint density at radius 3 is 2.45 bits per heavy atom. The average molecular weight is 305 g/mol. The second kappa shape index (κ2) is 6.22. The molecule has 0 aliphatic carbocycles. The summed E-state index contributed by atoms with van der Waals surface area (Å²) in [5, 5.41) is 9.85. The molecule has 1 aliphatic rings. The molecule has 1 fully saturated rings. The second-order valence-electron chi connectivity index (χ2n) is 7.33. The minimum atomic E-state index is -0.218. The molecule has 2 rings (SSSR count). The summed E-state index contributed by atoms with van der Waals surface area (Å²) < 4.78 is 0. The van der Waals surface area contributed by atoms with Gasteiger partial charge in [-0.15, -0.1) is 0 Å². The molecule has 0 saturated carbocycles. The Morgan fingerprint density at radius 1 is 1.32 bits per heavy atom. The van der Waals surface area contributed by atoms with Gasteiger partial charge in [0.1, 0.15) is 5.82 Å². The summed E-state index contributed by atoms with van der Waals surface area (Å²) in [6, 6.07) is 4.08. The fourth-order valence-corrected chi connectivity index (χ4v) is 3.40. The highest BCUT2D eigenvalue weighted by Gasteiger charge is 2.37. The van der Waals surface area contributed by atoms with Crippen molar-refractivity contribution in [3.05, 3.63) is 18.3 Å². The van der Waals surface area contributed by atoms with Crippen molar-refractivity contribution in [2.24, 2.45) is 5.73 Å². The minimum absolute atomic E-state index is 0.0285. The summed E-state index contributed by atoms with van der Waals surface area (Å²) in [7, 11) is 0. The van der Waals surface area contributed by atoms with E-state index in [1.54, 1.807) is 6.20 Å². The van der Waals surface area contributed by atoms with Crippen molar-refractivity contribution in [1.82, 2.24) is 10.3 Å². The lowest BCUT2D eigenvalue weighted by Crippen LogP contribution is -2.60. The van der Waals surface area contributed by atoms with Gasteiger partial charge in [0.15, 0.2) is 0 Å². The lowest BCUT2D eigenvalue weighted by Gasteiger charge is -2.46. The number of aromatic nitrogens is 1. The van der Waals surface area contributed by atoms with Gasteiger partial charge < -0.3 is 21.7 Å². The van der Waals surface area contributed by atoms with Gasteiger partial charge >= 0.3 is 0 Å². The van der Waals surface area contributed by atoms with Crippen LogP contribution in [0.15, 0.2) is 18.3 Å². The average Bonchev–Trinajstić information content (AvgIpc) is 2.37. The highest BCUT2D eigenvalue weighted by atomic mass is 16.1. The van der Waals surface area contributed by atoms with Crippen molar-refractivity contribution >= 4 is 17.4 Å². The highest BCUT2D eigenvalue weighted by Crippen LogP contribution is 2.30. The van der Waals surface area contributed by atoms with E-state index in [0.717, 1.165) is 18.7 Å². The monoisotopic (exact) mass is 305 g/mol. The molecule has 0 spiro atoms. The molecule has 22 heavy (non-hydrogen) atoms. The Hall–Kier alpha value is -1.66. The van der Waals surface area contributed by atoms with Crippen molar-refractivity contribution in [3.8, 4) is 0 Å². The number of amides is 1. The molecule has 0 aromatic carbocycles. The van der Waals surface area contributed by atoms with Gasteiger partial charge in [0, 0.05) is 17.1 Å². The van der Waals surface area contributed by atoms with Gasteiger partial charge in [0.2, 0.25) is 5.91 Å². The molecule has 1 aromatic rings. The maximum atomic E-state index is 11.2. The van der Waals surface area contributed by atoms with Crippen LogP contribution < -0.4 is 21.7 Å². The van der Waals surface area contributed by atoms with Gasteiger partial charge in [-0.2, -0.15) is 0 Å². The first kappa shape index (κ1) is 16.7. The number of pyridine rings is 1. The largest absolute Gasteiger partial charge is 0.367 e. The van der Waals surface area contributed by atoms with Crippen LogP contribution in [0.5, 0.6) is 0 Å². The van der Waals surface area contributed by atoms with E-state index < -0.39 is 0 Å². The Labute approximate surface area is 132 Å². The molecule has 0 radical (unpaired) electrons. The van der Waals surface area contributed by atoms with Crippen molar-refractivity contribution < 1.29 is 4.79 Å². The number of carbonyl (C=O) groups is 1. The summed E-state index contributed by atoms with van der Waals surface area (Å²) in [6.45, 7) is 8.87. The van der Waals surface area contributed by atoms with Crippen LogP contribution in [0.1, 0.15) is 40.5 Å². The summed E-state index contributed by atoms with van der Waals surface area (Å²) in [4.78, 5) is 15.6. The molecule has 1 aromatic heterocycles. The lowest BCUT2D eigenvalue weighted by atomic mass is 9.79. The Kier molecular flexibility index (Phi) is 4.72. The van der Waals surface area contributed by atoms with E-state index in [1.807, 2.05) is 12.1 Å². The zero-order valence-electron chi connectivity index (χ0n) is 13.9. The molecule has 5 N–H and O–H groups in total. The molecule has 0 unspecified atom stereocenters. The molecule has 2 heterocycles. The number of carbonyl (C=O) groups excluding carboxylic acids is 1. The number of anilines is 2. The third-order valence-corrected chi connectivity index (χ3v) is 3.77. The van der Waals surface area contributed by atoms with Crippen LogP contribution in [-0.2, 0) is 4.79 Å². The third-order valence-electron chi connectivity index (χ3n) is 3.77. The lowest BCUT2D eigenvalue weighted by molar-refractivity contribution is -0.114. The molecule has 6 nitrogen and oxygen atoms in total. The van der Waals surface area contributed by atoms with E-state index in [1.165, 1.54) is 0 Å². The second-order valence-corrected chi connectivity index (χ2v) is 7.33. The molecular weight excluding hydrogens is 278 g/mol. The first-order valence-corrected chi connectivity index (χ1v) is 7.71. The quantitative estimate of drug-likeness (QED) is 0.679. The smallest absolute Gasteiger partial charge is 0.238 e. The van der Waals surface area contributed by atoms with Gasteiger partial charge in [-0.1, -0.05) is 0 Å². The van der Waals surface area contributed by atoms with E-state index in [4.69, 9.17) is 5.73 Å². The van der Waals surface area contributed by atoms with Crippen LogP contribution in [-0.4, -0.2) is 34.6 Å². The number of nitrogens with one attached hydrogen (secondary N) is 3. The normalized spacial score (nSPS) is 20.4. The fraction of sp³-hybridized carbons (Fsp3) is 0.625. The van der Waals surface area contributed by atoms with Crippen LogP contribution in [0.25, 0.3) is 0 Å². The first-order valence-electron chi connectivity index (χ1n) is 7.71. The molecule has 6 heteroatoms. The number of nitrogens with zero attached hydrogens (tertiary/aromatic N) is 1. The highest BCUT2D eigenvalue weighted by molar-refractivity contribution is 5.91. The van der Waals surface area contributed by atoms with Crippen LogP contribution in [0.4, 0.5) is 11.5 Å². The minimum Gasteiger partial charge on any atom is -0.367 e. The Morgan fingerprint density at radius 2 is 1.95 bits per heavy atom. The number of piperidine rings is 1. The fourth-order valence-electron chi connectivity index (χ4n) is 3.40. The van der Waals surface area contributed by atoms with Gasteiger partial charge in [0.25, 0.3) is 0 Å². The van der Waals surface area contributed by atoms with Gasteiger partial charge in [-0.25, -0.2) is 4.98 Å². The molecule has 1 amide bonds. The van der Waals surface area contributed by atoms with Crippen molar-refractivity contribution in [3.63, 3.8) is 0 Å². The SMILES string of the molecule is CC1(C)CC(Nc2ccc(NC(=O)CN)cn2)CC(C)(C)N1. The topological polar surface area (TPSA) is 92.1 Å². The van der Waals surface area contributed by atoms with Crippen LogP contribution in [0, 0.1) is 0 Å². The Balaban J connectivity index is 2.00. The zero-order valence-corrected chi connectivity index (χ0v) is 13.9. The predicted molar refractivity (Wildman–Crippen MR) is 89.9 cm³/mol. The van der Waals surface area contributed by atoms with Gasteiger partial charge in [0.05, 0.1) is 18.4 Å². The van der Waals surface area contributed by atoms with Crippen molar-refractivity contribution in [1.29, 1.82) is 0 Å². The number of rotatable bonds is 4. The summed E-state index contributed by atoms with van der Waals surface area (Å²) in [6.07, 6.45) is 3.71. The summed E-state index contributed by atoms with van der Waals surface area (Å²) >= 11 is 0. The summed E-state index contributed by atoms with van der Waals surface area (Å²) in [5.41, 5.74) is 6.12. The first-order chi connectivity index (χ1) is 10.2. The van der Waals surface area contributed by atoms with E-state index in [-0.39, 0.29) is 23.5 Å².